The fraction of sp³-hybridized carbons (Fsp3) is 0.308. The number of aromatic nitrogens is 1. The van der Waals surface area contributed by atoms with Crippen molar-refractivity contribution in [3.63, 3.8) is 0 Å². The van der Waals surface area contributed by atoms with E-state index in [1.54, 1.807) is 24.3 Å². The van der Waals surface area contributed by atoms with Crippen LogP contribution in [0.3, 0.4) is 0 Å². The Hall–Kier alpha value is -3.74. The normalized spacial score (nSPS) is 12.3. The molecule has 0 aromatic heterocycles. The molecule has 1 heterocycles. The fourth-order valence-corrected chi connectivity index (χ4v) is 3.73. The van der Waals surface area contributed by atoms with E-state index in [2.05, 4.69) is 52.9 Å². The molecule has 0 saturated heterocycles. The van der Waals surface area contributed by atoms with Crippen molar-refractivity contribution in [1.82, 2.24) is 4.98 Å². The number of nitro benzene ring substituents is 1. The number of nitro groups is 1. The average molecular weight is 446 g/mol. The van der Waals surface area contributed by atoms with Crippen molar-refractivity contribution in [2.24, 2.45) is 0 Å². The van der Waals surface area contributed by atoms with Gasteiger partial charge in [0.05, 0.1) is 10.6 Å². The summed E-state index contributed by atoms with van der Waals surface area (Å²) in [7, 11) is 0. The number of nitrogens with zero attached hydrogens (tertiary/aromatic N) is 2. The Kier molecular flexibility index (Phi) is 5.23. The SMILES string of the molecule is CC(C)(C)c1cc(C(C)(C)C)c2oc3cc(=O)c(Nc4ccccc4[N+](=O)[O-])cc-3nc2c1. The summed E-state index contributed by atoms with van der Waals surface area (Å²) in [6.07, 6.45) is 0. The molecule has 7 heteroatoms. The number of nitrogens with one attached hydrogen (secondary N) is 1. The maximum atomic E-state index is 12.8. The van der Waals surface area contributed by atoms with E-state index in [4.69, 9.17) is 9.40 Å². The van der Waals surface area contributed by atoms with Gasteiger partial charge >= 0.3 is 0 Å². The van der Waals surface area contributed by atoms with Crippen molar-refractivity contribution in [1.29, 1.82) is 0 Å². The summed E-state index contributed by atoms with van der Waals surface area (Å²) in [6.45, 7) is 12.8. The van der Waals surface area contributed by atoms with E-state index in [-0.39, 0.29) is 33.3 Å². The molecule has 2 aromatic rings. The molecule has 0 spiro atoms. The number of anilines is 2. The first kappa shape index (κ1) is 22.5. The molecular weight excluding hydrogens is 418 g/mol. The van der Waals surface area contributed by atoms with E-state index in [9.17, 15) is 14.9 Å². The van der Waals surface area contributed by atoms with Crippen molar-refractivity contribution < 1.29 is 9.34 Å². The zero-order chi connectivity index (χ0) is 24.1. The predicted octanol–water partition coefficient (Wildman–Crippen LogP) is 6.54. The summed E-state index contributed by atoms with van der Waals surface area (Å²) in [6, 6.07) is 13.3. The Labute approximate surface area is 192 Å². The van der Waals surface area contributed by atoms with Crippen LogP contribution in [-0.2, 0) is 10.8 Å². The number of fused-ring (bicyclic) bond motifs is 2. The van der Waals surface area contributed by atoms with Gasteiger partial charge in [-0.15, -0.1) is 0 Å². The van der Waals surface area contributed by atoms with Crippen molar-refractivity contribution in [2.45, 2.75) is 52.4 Å². The van der Waals surface area contributed by atoms with Gasteiger partial charge in [-0.1, -0.05) is 59.7 Å². The van der Waals surface area contributed by atoms with Gasteiger partial charge in [0.2, 0.25) is 5.43 Å². The molecule has 0 atom stereocenters. The Bertz CT molecular complexity index is 1410. The van der Waals surface area contributed by atoms with Gasteiger partial charge in [-0.25, -0.2) is 4.98 Å². The molecule has 0 saturated carbocycles. The fourth-order valence-electron chi connectivity index (χ4n) is 3.73. The van der Waals surface area contributed by atoms with Gasteiger partial charge in [0.15, 0.2) is 11.3 Å². The van der Waals surface area contributed by atoms with Crippen LogP contribution >= 0.6 is 0 Å². The lowest BCUT2D eigenvalue weighted by Crippen LogP contribution is -2.17. The van der Waals surface area contributed by atoms with E-state index < -0.39 is 4.92 Å². The molecule has 2 aliphatic rings. The monoisotopic (exact) mass is 445 g/mol. The number of hydrogen-bond acceptors (Lipinski definition) is 6. The summed E-state index contributed by atoms with van der Waals surface area (Å²) in [4.78, 5) is 28.5. The summed E-state index contributed by atoms with van der Waals surface area (Å²) < 4.78 is 6.22. The minimum Gasteiger partial charge on any atom is -0.452 e. The Morgan fingerprint density at radius 2 is 1.64 bits per heavy atom. The highest BCUT2D eigenvalue weighted by atomic mass is 16.6. The number of hydrogen-bond donors (Lipinski definition) is 1. The topological polar surface area (TPSA) is 98.3 Å². The number of benzene rings is 3. The van der Waals surface area contributed by atoms with Gasteiger partial charge in [0.1, 0.15) is 16.9 Å². The largest absolute Gasteiger partial charge is 0.452 e. The van der Waals surface area contributed by atoms with Crippen LogP contribution in [-0.4, -0.2) is 9.91 Å². The molecular formula is C26H27N3O4. The van der Waals surface area contributed by atoms with Crippen LogP contribution < -0.4 is 10.7 Å². The Balaban J connectivity index is 1.93. The number of para-hydroxylation sites is 2. The molecule has 2 aromatic carbocycles. The highest BCUT2D eigenvalue weighted by Gasteiger charge is 2.26. The summed E-state index contributed by atoms with van der Waals surface area (Å²) >= 11 is 0. The maximum absolute atomic E-state index is 12.8. The molecule has 33 heavy (non-hydrogen) atoms. The van der Waals surface area contributed by atoms with Gasteiger partial charge in [-0.2, -0.15) is 0 Å². The lowest BCUT2D eigenvalue weighted by atomic mass is 9.80. The lowest BCUT2D eigenvalue weighted by molar-refractivity contribution is -0.383. The predicted molar refractivity (Wildman–Crippen MR) is 131 cm³/mol. The summed E-state index contributed by atoms with van der Waals surface area (Å²) in [5, 5.41) is 14.2. The van der Waals surface area contributed by atoms with E-state index in [1.807, 2.05) is 6.07 Å². The average Bonchev–Trinajstić information content (AvgIpc) is 2.71. The second kappa shape index (κ2) is 7.69. The van der Waals surface area contributed by atoms with Gasteiger partial charge in [0, 0.05) is 17.7 Å². The third kappa shape index (κ3) is 4.31. The lowest BCUT2D eigenvalue weighted by Gasteiger charge is -2.26. The van der Waals surface area contributed by atoms with Crippen LogP contribution in [0.25, 0.3) is 22.6 Å². The molecule has 4 rings (SSSR count). The van der Waals surface area contributed by atoms with Crippen LogP contribution in [0.15, 0.2) is 57.7 Å². The minimum absolute atomic E-state index is 0.0807. The first-order valence-corrected chi connectivity index (χ1v) is 10.8. The molecule has 1 aliphatic carbocycles. The van der Waals surface area contributed by atoms with E-state index >= 15 is 0 Å². The highest BCUT2D eigenvalue weighted by molar-refractivity contribution is 5.83. The summed E-state index contributed by atoms with van der Waals surface area (Å²) in [5.74, 6) is 0.370. The van der Waals surface area contributed by atoms with Crippen LogP contribution in [0, 0.1) is 10.1 Å². The molecule has 7 nitrogen and oxygen atoms in total. The second-order valence-corrected chi connectivity index (χ2v) is 10.3. The first-order valence-electron chi connectivity index (χ1n) is 10.8. The molecule has 0 fully saturated rings. The van der Waals surface area contributed by atoms with Crippen LogP contribution in [0.5, 0.6) is 0 Å². The quantitative estimate of drug-likeness (QED) is 0.218. The van der Waals surface area contributed by atoms with Crippen LogP contribution in [0.4, 0.5) is 17.1 Å². The Morgan fingerprint density at radius 3 is 2.27 bits per heavy atom. The molecule has 1 aliphatic heterocycles. The first-order chi connectivity index (χ1) is 15.3. The van der Waals surface area contributed by atoms with Crippen LogP contribution in [0.2, 0.25) is 0 Å². The van der Waals surface area contributed by atoms with Crippen molar-refractivity contribution in [2.75, 3.05) is 5.32 Å². The zero-order valence-electron chi connectivity index (χ0n) is 19.6. The number of rotatable bonds is 3. The molecule has 170 valence electrons. The van der Waals surface area contributed by atoms with Crippen molar-refractivity contribution >= 4 is 28.2 Å². The molecule has 1 N–H and O–H groups in total. The third-order valence-corrected chi connectivity index (χ3v) is 5.63. The van der Waals surface area contributed by atoms with Gasteiger partial charge in [-0.3, -0.25) is 14.9 Å². The molecule has 0 bridgehead atoms. The van der Waals surface area contributed by atoms with Gasteiger partial charge in [-0.05, 0) is 34.6 Å². The van der Waals surface area contributed by atoms with Gasteiger partial charge in [0.25, 0.3) is 5.69 Å². The van der Waals surface area contributed by atoms with E-state index in [0.717, 1.165) is 11.1 Å². The maximum Gasteiger partial charge on any atom is 0.292 e. The molecule has 0 radical (unpaired) electrons. The van der Waals surface area contributed by atoms with E-state index in [0.29, 0.717) is 22.6 Å². The van der Waals surface area contributed by atoms with Crippen LogP contribution in [0.1, 0.15) is 52.7 Å². The zero-order valence-corrected chi connectivity index (χ0v) is 19.6. The standard InChI is InChI=1S/C26H27N3O4/c1-25(2,3)15-11-16(26(4,5)6)24-20(12-15)28-19-13-18(22(30)14-23(19)33-24)27-17-9-7-8-10-21(17)29(31)32/h7-14,27H,1-6H3. The highest BCUT2D eigenvalue weighted by Crippen LogP contribution is 2.37. The molecule has 0 amide bonds. The van der Waals surface area contributed by atoms with Crippen molar-refractivity contribution in [3.8, 4) is 11.5 Å². The smallest absolute Gasteiger partial charge is 0.292 e. The Morgan fingerprint density at radius 1 is 0.939 bits per heavy atom. The van der Waals surface area contributed by atoms with Crippen molar-refractivity contribution in [3.05, 3.63) is 80.0 Å². The second-order valence-electron chi connectivity index (χ2n) is 10.3. The molecule has 0 unspecified atom stereocenters. The third-order valence-electron chi connectivity index (χ3n) is 5.63. The minimum atomic E-state index is -0.489. The van der Waals surface area contributed by atoms with E-state index in [1.165, 1.54) is 12.1 Å². The summed E-state index contributed by atoms with van der Waals surface area (Å²) in [5.41, 5.74) is 3.73. The van der Waals surface area contributed by atoms with Gasteiger partial charge < -0.3 is 9.73 Å².